The Morgan fingerprint density at radius 2 is 2.11 bits per heavy atom. The van der Waals surface area contributed by atoms with E-state index in [-0.39, 0.29) is 0 Å². The second-order valence-corrected chi connectivity index (χ2v) is 4.16. The van der Waals surface area contributed by atoms with Crippen molar-refractivity contribution < 1.29 is 4.42 Å². The Morgan fingerprint density at radius 1 is 1.37 bits per heavy atom. The molecule has 100 valence electrons. The highest BCUT2D eigenvalue weighted by atomic mass is 16.4. The Morgan fingerprint density at radius 3 is 2.74 bits per heavy atom. The molecule has 2 aromatic rings. The number of oxazole rings is 1. The molecule has 0 fully saturated rings. The van der Waals surface area contributed by atoms with E-state index in [1.165, 1.54) is 0 Å². The summed E-state index contributed by atoms with van der Waals surface area (Å²) in [6.45, 7) is 4.31. The Labute approximate surface area is 112 Å². The van der Waals surface area contributed by atoms with Gasteiger partial charge in [-0.3, -0.25) is 0 Å². The highest BCUT2D eigenvalue weighted by Crippen LogP contribution is 2.12. The second-order valence-electron chi connectivity index (χ2n) is 4.16. The van der Waals surface area contributed by atoms with Crippen LogP contribution < -0.4 is 11.1 Å². The number of aryl methyl sites for hydroxylation is 2. The third-order valence-corrected chi connectivity index (χ3v) is 2.68. The summed E-state index contributed by atoms with van der Waals surface area (Å²) in [5, 5.41) is 3.02. The van der Waals surface area contributed by atoms with Gasteiger partial charge in [-0.1, -0.05) is 25.1 Å². The predicted octanol–water partition coefficient (Wildman–Crippen LogP) is 2.47. The van der Waals surface area contributed by atoms with Crippen molar-refractivity contribution in [2.24, 2.45) is 10.7 Å². The maximum Gasteiger partial charge on any atom is 0.194 e. The van der Waals surface area contributed by atoms with Crippen molar-refractivity contribution in [3.05, 3.63) is 47.7 Å². The van der Waals surface area contributed by atoms with Gasteiger partial charge in [0.15, 0.2) is 11.9 Å². The lowest BCUT2D eigenvalue weighted by atomic mass is 10.3. The van der Waals surface area contributed by atoms with Crippen LogP contribution >= 0.6 is 0 Å². The number of benzene rings is 1. The van der Waals surface area contributed by atoms with Crippen LogP contribution in [0.3, 0.4) is 0 Å². The number of guanidine groups is 1. The molecular formula is C14H18N4O. The van der Waals surface area contributed by atoms with Crippen molar-refractivity contribution in [2.75, 3.05) is 5.32 Å². The fourth-order valence-corrected chi connectivity index (χ4v) is 1.65. The summed E-state index contributed by atoms with van der Waals surface area (Å²) >= 11 is 0. The first-order chi connectivity index (χ1) is 9.19. The molecular weight excluding hydrogens is 240 g/mol. The first-order valence-corrected chi connectivity index (χ1v) is 6.26. The van der Waals surface area contributed by atoms with E-state index in [2.05, 4.69) is 15.3 Å². The molecule has 0 radical (unpaired) electrons. The van der Waals surface area contributed by atoms with E-state index < -0.39 is 0 Å². The van der Waals surface area contributed by atoms with Crippen molar-refractivity contribution in [3.8, 4) is 0 Å². The molecule has 0 aliphatic carbocycles. The maximum absolute atomic E-state index is 5.82. The normalized spacial score (nSPS) is 11.6. The molecule has 0 saturated carbocycles. The van der Waals surface area contributed by atoms with Gasteiger partial charge < -0.3 is 15.5 Å². The zero-order valence-electron chi connectivity index (χ0n) is 11.2. The third-order valence-electron chi connectivity index (χ3n) is 2.68. The van der Waals surface area contributed by atoms with Crippen LogP contribution in [0.15, 0.2) is 39.7 Å². The number of anilines is 1. The van der Waals surface area contributed by atoms with Crippen LogP contribution in [-0.4, -0.2) is 10.9 Å². The fraction of sp³-hybridized carbons (Fsp3) is 0.286. The number of nitrogens with one attached hydrogen (secondary N) is 1. The van der Waals surface area contributed by atoms with Crippen LogP contribution in [-0.2, 0) is 13.0 Å². The van der Waals surface area contributed by atoms with E-state index in [4.69, 9.17) is 10.2 Å². The number of hydrogen-bond donors (Lipinski definition) is 2. The molecule has 5 nitrogen and oxygen atoms in total. The maximum atomic E-state index is 5.82. The van der Waals surface area contributed by atoms with Gasteiger partial charge in [-0.15, -0.1) is 0 Å². The van der Waals surface area contributed by atoms with Crippen LogP contribution in [0.5, 0.6) is 0 Å². The van der Waals surface area contributed by atoms with Gasteiger partial charge in [0.05, 0.1) is 5.69 Å². The van der Waals surface area contributed by atoms with Gasteiger partial charge in [-0.2, -0.15) is 0 Å². The number of nitrogens with zero attached hydrogens (tertiary/aromatic N) is 2. The lowest BCUT2D eigenvalue weighted by Gasteiger charge is -2.04. The minimum atomic E-state index is 0.361. The lowest BCUT2D eigenvalue weighted by molar-refractivity contribution is 0.461. The number of rotatable bonds is 4. The van der Waals surface area contributed by atoms with Gasteiger partial charge in [0.1, 0.15) is 12.3 Å². The SMILES string of the molecule is CCc1nc(C)c(CN=C(N)Nc2ccccc2)o1. The Bertz CT molecular complexity index is 560. The molecule has 1 aromatic carbocycles. The van der Waals surface area contributed by atoms with Gasteiger partial charge in [0.2, 0.25) is 0 Å². The highest BCUT2D eigenvalue weighted by molar-refractivity contribution is 5.92. The highest BCUT2D eigenvalue weighted by Gasteiger charge is 2.07. The minimum Gasteiger partial charge on any atom is -0.443 e. The number of aliphatic imine (C=N–C) groups is 1. The van der Waals surface area contributed by atoms with Crippen molar-refractivity contribution in [1.29, 1.82) is 0 Å². The first kappa shape index (κ1) is 13.1. The van der Waals surface area contributed by atoms with Gasteiger partial charge in [0, 0.05) is 12.1 Å². The average molecular weight is 258 g/mol. The summed E-state index contributed by atoms with van der Waals surface area (Å²) in [4.78, 5) is 8.54. The number of hydrogen-bond acceptors (Lipinski definition) is 3. The molecule has 0 amide bonds. The second kappa shape index (κ2) is 6.04. The van der Waals surface area contributed by atoms with Crippen LogP contribution in [0.2, 0.25) is 0 Å². The molecule has 0 aliphatic rings. The number of aromatic nitrogens is 1. The summed E-state index contributed by atoms with van der Waals surface area (Å²) in [5.74, 6) is 1.85. The van der Waals surface area contributed by atoms with Crippen LogP contribution in [0, 0.1) is 6.92 Å². The summed E-state index contributed by atoms with van der Waals surface area (Å²) in [6.07, 6.45) is 0.780. The largest absolute Gasteiger partial charge is 0.443 e. The van der Waals surface area contributed by atoms with Crippen molar-refractivity contribution in [3.63, 3.8) is 0 Å². The summed E-state index contributed by atoms with van der Waals surface area (Å²) < 4.78 is 5.56. The van der Waals surface area contributed by atoms with Gasteiger partial charge in [-0.25, -0.2) is 9.98 Å². The monoisotopic (exact) mass is 258 g/mol. The smallest absolute Gasteiger partial charge is 0.194 e. The Hall–Kier alpha value is -2.30. The van der Waals surface area contributed by atoms with E-state index in [1.54, 1.807) is 0 Å². The van der Waals surface area contributed by atoms with E-state index in [9.17, 15) is 0 Å². The molecule has 0 atom stereocenters. The molecule has 1 aromatic heterocycles. The molecule has 3 N–H and O–H groups in total. The van der Waals surface area contributed by atoms with Crippen molar-refractivity contribution >= 4 is 11.6 Å². The van der Waals surface area contributed by atoms with Gasteiger partial charge in [-0.05, 0) is 19.1 Å². The molecule has 0 spiro atoms. The van der Waals surface area contributed by atoms with Crippen LogP contribution in [0.4, 0.5) is 5.69 Å². The summed E-state index contributed by atoms with van der Waals surface area (Å²) in [7, 11) is 0. The van der Waals surface area contributed by atoms with E-state index in [0.29, 0.717) is 12.5 Å². The van der Waals surface area contributed by atoms with E-state index >= 15 is 0 Å². The topological polar surface area (TPSA) is 76.4 Å². The molecule has 1 heterocycles. The van der Waals surface area contributed by atoms with Crippen LogP contribution in [0.1, 0.15) is 24.3 Å². The molecule has 5 heteroatoms. The molecule has 2 rings (SSSR count). The first-order valence-electron chi connectivity index (χ1n) is 6.26. The standard InChI is InChI=1S/C14H18N4O/c1-3-13-17-10(2)12(19-13)9-16-14(15)18-11-7-5-4-6-8-11/h4-8H,3,9H2,1-2H3,(H3,15,16,18). The van der Waals surface area contributed by atoms with E-state index in [0.717, 1.165) is 29.5 Å². The third kappa shape index (κ3) is 3.58. The summed E-state index contributed by atoms with van der Waals surface area (Å²) in [6, 6.07) is 9.67. The minimum absolute atomic E-state index is 0.361. The van der Waals surface area contributed by atoms with E-state index in [1.807, 2.05) is 44.2 Å². The molecule has 0 unspecified atom stereocenters. The quantitative estimate of drug-likeness (QED) is 0.652. The molecule has 0 bridgehead atoms. The number of para-hydroxylation sites is 1. The Kier molecular flexibility index (Phi) is 4.18. The molecule has 0 aliphatic heterocycles. The molecule has 0 saturated heterocycles. The lowest BCUT2D eigenvalue weighted by Crippen LogP contribution is -2.22. The molecule has 19 heavy (non-hydrogen) atoms. The zero-order valence-corrected chi connectivity index (χ0v) is 11.2. The van der Waals surface area contributed by atoms with Crippen molar-refractivity contribution in [1.82, 2.24) is 4.98 Å². The Balaban J connectivity index is 1.99. The predicted molar refractivity (Wildman–Crippen MR) is 76.0 cm³/mol. The summed E-state index contributed by atoms with van der Waals surface area (Å²) in [5.41, 5.74) is 7.60. The van der Waals surface area contributed by atoms with Gasteiger partial charge in [0.25, 0.3) is 0 Å². The van der Waals surface area contributed by atoms with Gasteiger partial charge >= 0.3 is 0 Å². The van der Waals surface area contributed by atoms with Crippen LogP contribution in [0.25, 0.3) is 0 Å². The number of nitrogens with two attached hydrogens (primary N) is 1. The zero-order chi connectivity index (χ0) is 13.7. The fourth-order valence-electron chi connectivity index (χ4n) is 1.65. The van der Waals surface area contributed by atoms with Crippen molar-refractivity contribution in [2.45, 2.75) is 26.8 Å². The average Bonchev–Trinajstić information content (AvgIpc) is 2.78.